The molecule has 5 rings (SSSR count). The molecule has 10 nitrogen and oxygen atoms in total. The van der Waals surface area contributed by atoms with Crippen LogP contribution in [0.2, 0.25) is 0 Å². The van der Waals surface area contributed by atoms with Gasteiger partial charge in [-0.1, -0.05) is 24.3 Å². The van der Waals surface area contributed by atoms with Gasteiger partial charge in [0, 0.05) is 19.3 Å². The summed E-state index contributed by atoms with van der Waals surface area (Å²) >= 11 is 0. The zero-order valence-electron chi connectivity index (χ0n) is 28.5. The summed E-state index contributed by atoms with van der Waals surface area (Å²) < 4.78 is 48.9. The fourth-order valence-corrected chi connectivity index (χ4v) is 7.25. The number of aliphatic hydroxyl groups excluding tert-OH is 1. The minimum Gasteiger partial charge on any atom is -0.497 e. The predicted molar refractivity (Wildman–Crippen MR) is 174 cm³/mol. The normalized spacial score (nSPS) is 32.0. The van der Waals surface area contributed by atoms with Crippen molar-refractivity contribution in [2.45, 2.75) is 127 Å². The van der Waals surface area contributed by atoms with Crippen molar-refractivity contribution in [1.29, 1.82) is 0 Å². The minimum atomic E-state index is -0.675. The van der Waals surface area contributed by atoms with Gasteiger partial charge in [0.05, 0.1) is 82.4 Å². The highest BCUT2D eigenvalue weighted by atomic mass is 16.6. The second-order valence-electron chi connectivity index (χ2n) is 13.4. The average molecular weight is 657 g/mol. The molecule has 2 aromatic rings. The first kappa shape index (κ1) is 35.6. The Morgan fingerprint density at radius 1 is 0.872 bits per heavy atom. The summed E-state index contributed by atoms with van der Waals surface area (Å²) in [7, 11) is 3.31. The monoisotopic (exact) mass is 656 g/mol. The van der Waals surface area contributed by atoms with Crippen molar-refractivity contribution >= 4 is 5.97 Å². The standard InChI is InChI=1S/C37H52O10/c1-6-43-35(39)9-7-8-30-29(38)20-34-37(3,46-30)24-36(2)33(45-34)19-18-31(44-22-26-12-16-28(41-5)17-13-26)32(47-36)23-42-21-25-10-14-27(40-4)15-11-25/h10-17,29-34,38H,6-9,18-24H2,1-5H3/t29-,30+,31+,32-,33-,34+,36+,37-/m0/s1. The van der Waals surface area contributed by atoms with E-state index in [1.165, 1.54) is 0 Å². The van der Waals surface area contributed by atoms with Crippen LogP contribution in [-0.2, 0) is 46.4 Å². The Morgan fingerprint density at radius 3 is 2.13 bits per heavy atom. The van der Waals surface area contributed by atoms with Crippen LogP contribution in [0.5, 0.6) is 11.5 Å². The second kappa shape index (κ2) is 16.1. The zero-order chi connectivity index (χ0) is 33.4. The molecule has 3 heterocycles. The third kappa shape index (κ3) is 9.04. The summed E-state index contributed by atoms with van der Waals surface area (Å²) in [6, 6.07) is 15.7. The number of hydrogen-bond acceptors (Lipinski definition) is 10. The minimum absolute atomic E-state index is 0.199. The van der Waals surface area contributed by atoms with Gasteiger partial charge in [0.15, 0.2) is 0 Å². The van der Waals surface area contributed by atoms with Gasteiger partial charge in [0.25, 0.3) is 0 Å². The van der Waals surface area contributed by atoms with Crippen LogP contribution in [0.15, 0.2) is 48.5 Å². The summed E-state index contributed by atoms with van der Waals surface area (Å²) in [6.07, 6.45) is 1.86. The van der Waals surface area contributed by atoms with E-state index in [1.807, 2.05) is 48.5 Å². The Kier molecular flexibility index (Phi) is 12.2. The van der Waals surface area contributed by atoms with Gasteiger partial charge in [-0.2, -0.15) is 0 Å². The number of fused-ring (bicyclic) bond motifs is 2. The molecule has 1 N–H and O–H groups in total. The molecule has 0 amide bonds. The van der Waals surface area contributed by atoms with E-state index in [-0.39, 0.29) is 30.4 Å². The van der Waals surface area contributed by atoms with Crippen molar-refractivity contribution in [3.8, 4) is 11.5 Å². The van der Waals surface area contributed by atoms with Crippen molar-refractivity contribution in [3.63, 3.8) is 0 Å². The van der Waals surface area contributed by atoms with Crippen LogP contribution in [0, 0.1) is 0 Å². The number of esters is 1. The van der Waals surface area contributed by atoms with Gasteiger partial charge in [-0.05, 0) is 81.8 Å². The largest absolute Gasteiger partial charge is 0.497 e. The first-order valence-corrected chi connectivity index (χ1v) is 16.9. The number of carbonyl (C=O) groups is 1. The van der Waals surface area contributed by atoms with Gasteiger partial charge >= 0.3 is 5.97 Å². The lowest BCUT2D eigenvalue weighted by Gasteiger charge is -2.56. The van der Waals surface area contributed by atoms with Crippen LogP contribution >= 0.6 is 0 Å². The maximum absolute atomic E-state index is 11.9. The van der Waals surface area contributed by atoms with E-state index in [2.05, 4.69) is 13.8 Å². The molecule has 3 saturated heterocycles. The summed E-state index contributed by atoms with van der Waals surface area (Å²) in [4.78, 5) is 11.9. The molecule has 0 aliphatic carbocycles. The molecule has 0 saturated carbocycles. The van der Waals surface area contributed by atoms with Crippen molar-refractivity contribution in [3.05, 3.63) is 59.7 Å². The Bertz CT molecular complexity index is 1270. The summed E-state index contributed by atoms with van der Waals surface area (Å²) in [5.74, 6) is 1.37. The maximum Gasteiger partial charge on any atom is 0.305 e. The number of methoxy groups -OCH3 is 2. The number of aliphatic hydroxyl groups is 1. The number of ether oxygens (including phenoxy) is 8. The van der Waals surface area contributed by atoms with E-state index in [0.717, 1.165) is 35.5 Å². The summed E-state index contributed by atoms with van der Waals surface area (Å²) in [6.45, 7) is 7.53. The zero-order valence-corrected chi connectivity index (χ0v) is 28.5. The molecule has 0 unspecified atom stereocenters. The number of benzene rings is 2. The Morgan fingerprint density at radius 2 is 1.49 bits per heavy atom. The van der Waals surface area contributed by atoms with E-state index < -0.39 is 23.4 Å². The lowest BCUT2D eigenvalue weighted by Crippen LogP contribution is -2.66. The highest BCUT2D eigenvalue weighted by Crippen LogP contribution is 2.49. The van der Waals surface area contributed by atoms with E-state index in [0.29, 0.717) is 58.5 Å². The molecule has 0 bridgehead atoms. The van der Waals surface area contributed by atoms with Gasteiger partial charge < -0.3 is 43.0 Å². The van der Waals surface area contributed by atoms with Gasteiger partial charge in [0.2, 0.25) is 0 Å². The molecule has 0 aromatic heterocycles. The van der Waals surface area contributed by atoms with E-state index in [1.54, 1.807) is 21.1 Å². The number of rotatable bonds is 14. The molecule has 47 heavy (non-hydrogen) atoms. The van der Waals surface area contributed by atoms with Gasteiger partial charge in [0.1, 0.15) is 17.6 Å². The van der Waals surface area contributed by atoms with Crippen LogP contribution in [-0.4, -0.2) is 86.3 Å². The van der Waals surface area contributed by atoms with Gasteiger partial charge in [-0.15, -0.1) is 0 Å². The molecule has 8 atom stereocenters. The SMILES string of the molecule is CCOC(=O)CCC[C@H]1O[C@@]2(C)C[C@@]3(C)O[C@@H](COCc4ccc(OC)cc4)[C@H](OCc4ccc(OC)cc4)CC[C@@H]3O[C@@H]2C[C@@H]1O. The smallest absolute Gasteiger partial charge is 0.305 e. The van der Waals surface area contributed by atoms with Crippen molar-refractivity contribution in [2.75, 3.05) is 27.4 Å². The van der Waals surface area contributed by atoms with Crippen LogP contribution in [0.4, 0.5) is 0 Å². The topological polar surface area (TPSA) is 111 Å². The van der Waals surface area contributed by atoms with Crippen molar-refractivity contribution < 1.29 is 47.8 Å². The Balaban J connectivity index is 1.28. The first-order valence-electron chi connectivity index (χ1n) is 16.9. The van der Waals surface area contributed by atoms with Gasteiger partial charge in [-0.3, -0.25) is 4.79 Å². The Labute approximate surface area is 278 Å². The third-order valence-corrected chi connectivity index (χ3v) is 9.75. The molecule has 0 spiro atoms. The number of carbonyl (C=O) groups excluding carboxylic acids is 1. The second-order valence-corrected chi connectivity index (χ2v) is 13.4. The molecule has 0 radical (unpaired) electrons. The molecule has 3 aliphatic heterocycles. The highest BCUT2D eigenvalue weighted by Gasteiger charge is 2.58. The van der Waals surface area contributed by atoms with E-state index >= 15 is 0 Å². The molecule has 2 aromatic carbocycles. The fourth-order valence-electron chi connectivity index (χ4n) is 7.25. The highest BCUT2D eigenvalue weighted by molar-refractivity contribution is 5.69. The fraction of sp³-hybridized carbons (Fsp3) is 0.649. The molecule has 10 heteroatoms. The van der Waals surface area contributed by atoms with Crippen LogP contribution in [0.3, 0.4) is 0 Å². The first-order chi connectivity index (χ1) is 22.6. The average Bonchev–Trinajstić information content (AvgIpc) is 3.18. The van der Waals surface area contributed by atoms with Crippen LogP contribution in [0.25, 0.3) is 0 Å². The van der Waals surface area contributed by atoms with Crippen molar-refractivity contribution in [1.82, 2.24) is 0 Å². The summed E-state index contributed by atoms with van der Waals surface area (Å²) in [5, 5.41) is 11.0. The molecule has 260 valence electrons. The predicted octanol–water partition coefficient (Wildman–Crippen LogP) is 5.54. The van der Waals surface area contributed by atoms with Crippen LogP contribution in [0.1, 0.15) is 76.8 Å². The molecular formula is C37H52O10. The third-order valence-electron chi connectivity index (χ3n) is 9.75. The molecular weight excluding hydrogens is 604 g/mol. The molecule has 3 fully saturated rings. The van der Waals surface area contributed by atoms with Crippen molar-refractivity contribution in [2.24, 2.45) is 0 Å². The lowest BCUT2D eigenvalue weighted by molar-refractivity contribution is -0.319. The maximum atomic E-state index is 11.9. The van der Waals surface area contributed by atoms with Crippen LogP contribution < -0.4 is 9.47 Å². The van der Waals surface area contributed by atoms with E-state index in [4.69, 9.17) is 37.9 Å². The number of hydrogen-bond donors (Lipinski definition) is 1. The summed E-state index contributed by atoms with van der Waals surface area (Å²) in [5.41, 5.74) is 0.744. The lowest BCUT2D eigenvalue weighted by atomic mass is 9.74. The van der Waals surface area contributed by atoms with E-state index in [9.17, 15) is 9.90 Å². The quantitative estimate of drug-likeness (QED) is 0.260. The molecule has 3 aliphatic rings. The Hall–Kier alpha value is -2.73. The van der Waals surface area contributed by atoms with Gasteiger partial charge in [-0.25, -0.2) is 0 Å².